The molecular weight excluding hydrogens is 516 g/mol. The highest BCUT2D eigenvalue weighted by Crippen LogP contribution is 2.35. The summed E-state index contributed by atoms with van der Waals surface area (Å²) in [6, 6.07) is 39.8. The smallest absolute Gasteiger partial charge is 0.192 e. The van der Waals surface area contributed by atoms with E-state index >= 15 is 0 Å². The van der Waals surface area contributed by atoms with Crippen molar-refractivity contribution in [2.24, 2.45) is 0 Å². The molecule has 41 heavy (non-hydrogen) atoms. The molecule has 0 saturated carbocycles. The van der Waals surface area contributed by atoms with Crippen molar-refractivity contribution in [3.8, 4) is 0 Å². The topological polar surface area (TPSA) is 66.4 Å². The molecule has 6 nitrogen and oxygen atoms in total. The Balaban J connectivity index is 1.39. The average Bonchev–Trinajstić information content (AvgIpc) is 3.01. The molecule has 0 bridgehead atoms. The Hall–Kier alpha value is -3.36. The summed E-state index contributed by atoms with van der Waals surface area (Å²) >= 11 is 0. The van der Waals surface area contributed by atoms with Crippen molar-refractivity contribution >= 4 is 0 Å². The van der Waals surface area contributed by atoms with E-state index in [9.17, 15) is 5.11 Å². The van der Waals surface area contributed by atoms with Gasteiger partial charge in [0.25, 0.3) is 0 Å². The number of hydrogen-bond donors (Lipinski definition) is 1. The molecule has 1 aliphatic heterocycles. The first-order chi connectivity index (χ1) is 20.1. The van der Waals surface area contributed by atoms with Gasteiger partial charge < -0.3 is 28.8 Å². The van der Waals surface area contributed by atoms with Gasteiger partial charge in [-0.2, -0.15) is 0 Å². The van der Waals surface area contributed by atoms with Crippen molar-refractivity contribution in [1.82, 2.24) is 0 Å². The second-order valence-corrected chi connectivity index (χ2v) is 10.5. The Morgan fingerprint density at radius 2 is 0.951 bits per heavy atom. The Labute approximate surface area is 242 Å². The summed E-state index contributed by atoms with van der Waals surface area (Å²) in [5, 5.41) is 11.6. The summed E-state index contributed by atoms with van der Waals surface area (Å²) in [6.45, 7) is 3.22. The zero-order chi connectivity index (χ0) is 28.3. The van der Waals surface area contributed by atoms with Crippen LogP contribution in [0, 0.1) is 0 Å². The van der Waals surface area contributed by atoms with E-state index in [4.69, 9.17) is 23.7 Å². The molecule has 4 aromatic rings. The number of ether oxygens (including phenoxy) is 5. The summed E-state index contributed by atoms with van der Waals surface area (Å²) < 4.78 is 31.9. The van der Waals surface area contributed by atoms with Crippen LogP contribution < -0.4 is 0 Å². The van der Waals surface area contributed by atoms with Crippen LogP contribution in [0.1, 0.15) is 29.2 Å². The Kier molecular flexibility index (Phi) is 10.3. The monoisotopic (exact) mass is 554 g/mol. The summed E-state index contributed by atoms with van der Waals surface area (Å²) in [5.41, 5.74) is 4.08. The predicted molar refractivity (Wildman–Crippen MR) is 157 cm³/mol. The minimum Gasteiger partial charge on any atom is -0.374 e. The van der Waals surface area contributed by atoms with E-state index in [1.165, 1.54) is 0 Å². The van der Waals surface area contributed by atoms with E-state index < -0.39 is 30.2 Å². The first kappa shape index (κ1) is 29.1. The maximum absolute atomic E-state index is 11.6. The van der Waals surface area contributed by atoms with Crippen molar-refractivity contribution in [2.45, 2.75) is 63.6 Å². The van der Waals surface area contributed by atoms with E-state index in [0.29, 0.717) is 19.8 Å². The Morgan fingerprint density at radius 1 is 0.561 bits per heavy atom. The zero-order valence-corrected chi connectivity index (χ0v) is 23.4. The maximum atomic E-state index is 11.6. The van der Waals surface area contributed by atoms with Crippen LogP contribution >= 0.6 is 0 Å². The van der Waals surface area contributed by atoms with E-state index in [-0.39, 0.29) is 13.2 Å². The molecule has 0 radical (unpaired) electrons. The molecule has 1 fully saturated rings. The highest BCUT2D eigenvalue weighted by molar-refractivity contribution is 5.16. The third-order valence-electron chi connectivity index (χ3n) is 7.14. The van der Waals surface area contributed by atoms with Crippen LogP contribution in [-0.4, -0.2) is 41.9 Å². The van der Waals surface area contributed by atoms with Crippen molar-refractivity contribution in [1.29, 1.82) is 0 Å². The lowest BCUT2D eigenvalue weighted by Crippen LogP contribution is -2.66. The lowest BCUT2D eigenvalue weighted by Gasteiger charge is -2.49. The number of aliphatic hydroxyl groups is 1. The predicted octanol–water partition coefficient (Wildman–Crippen LogP) is 6.07. The molecule has 6 heteroatoms. The molecule has 3 unspecified atom stereocenters. The molecule has 0 aromatic heterocycles. The average molecular weight is 555 g/mol. The molecule has 0 aliphatic carbocycles. The SMILES string of the molecule is CC1(O)OC(COCc2ccccc2)[C@@H](OCc2ccccc2)C(OCc2ccccc2)[C@@H]1OCc1ccccc1. The van der Waals surface area contributed by atoms with Crippen LogP contribution in [0.15, 0.2) is 121 Å². The lowest BCUT2D eigenvalue weighted by molar-refractivity contribution is -0.363. The highest BCUT2D eigenvalue weighted by atomic mass is 16.7. The van der Waals surface area contributed by atoms with Crippen LogP contribution in [0.4, 0.5) is 0 Å². The van der Waals surface area contributed by atoms with E-state index in [2.05, 4.69) is 0 Å². The molecular formula is C35H38O6. The first-order valence-electron chi connectivity index (χ1n) is 14.1. The van der Waals surface area contributed by atoms with Gasteiger partial charge in [-0.1, -0.05) is 121 Å². The van der Waals surface area contributed by atoms with Crippen molar-refractivity contribution < 1.29 is 28.8 Å². The molecule has 0 spiro atoms. The quantitative estimate of drug-likeness (QED) is 0.217. The molecule has 0 amide bonds. The zero-order valence-electron chi connectivity index (χ0n) is 23.4. The number of benzene rings is 4. The lowest BCUT2D eigenvalue weighted by atomic mass is 9.92. The van der Waals surface area contributed by atoms with Crippen molar-refractivity contribution in [3.63, 3.8) is 0 Å². The van der Waals surface area contributed by atoms with Crippen molar-refractivity contribution in [3.05, 3.63) is 144 Å². The fourth-order valence-corrected chi connectivity index (χ4v) is 5.05. The minimum atomic E-state index is -1.65. The van der Waals surface area contributed by atoms with Gasteiger partial charge in [-0.15, -0.1) is 0 Å². The summed E-state index contributed by atoms with van der Waals surface area (Å²) in [4.78, 5) is 0. The normalized spacial score (nSPS) is 24.2. The Bertz CT molecular complexity index is 1280. The van der Waals surface area contributed by atoms with Gasteiger partial charge in [0.05, 0.1) is 33.0 Å². The molecule has 1 heterocycles. The van der Waals surface area contributed by atoms with Gasteiger partial charge in [-0.25, -0.2) is 0 Å². The van der Waals surface area contributed by atoms with Crippen LogP contribution in [-0.2, 0) is 50.1 Å². The van der Waals surface area contributed by atoms with Crippen LogP contribution in [0.3, 0.4) is 0 Å². The molecule has 4 aromatic carbocycles. The third kappa shape index (κ3) is 8.33. The van der Waals surface area contributed by atoms with Gasteiger partial charge in [0.2, 0.25) is 0 Å². The van der Waals surface area contributed by atoms with Gasteiger partial charge in [-0.3, -0.25) is 0 Å². The van der Waals surface area contributed by atoms with Crippen molar-refractivity contribution in [2.75, 3.05) is 6.61 Å². The number of hydrogen-bond acceptors (Lipinski definition) is 6. The van der Waals surface area contributed by atoms with E-state index in [0.717, 1.165) is 22.3 Å². The van der Waals surface area contributed by atoms with Crippen LogP contribution in [0.5, 0.6) is 0 Å². The van der Waals surface area contributed by atoms with E-state index in [1.54, 1.807) is 6.92 Å². The van der Waals surface area contributed by atoms with E-state index in [1.807, 2.05) is 121 Å². The fourth-order valence-electron chi connectivity index (χ4n) is 5.05. The summed E-state index contributed by atoms with van der Waals surface area (Å²) in [6.07, 6.45) is -2.64. The van der Waals surface area contributed by atoms with Gasteiger partial charge in [-0.05, 0) is 29.2 Å². The molecule has 1 aliphatic rings. The molecule has 214 valence electrons. The maximum Gasteiger partial charge on any atom is 0.192 e. The minimum absolute atomic E-state index is 0.209. The van der Waals surface area contributed by atoms with Gasteiger partial charge >= 0.3 is 0 Å². The van der Waals surface area contributed by atoms with Gasteiger partial charge in [0.1, 0.15) is 24.4 Å². The summed E-state index contributed by atoms with van der Waals surface area (Å²) in [7, 11) is 0. The second-order valence-electron chi connectivity index (χ2n) is 10.5. The highest BCUT2D eigenvalue weighted by Gasteiger charge is 2.54. The van der Waals surface area contributed by atoms with Crippen LogP contribution in [0.25, 0.3) is 0 Å². The first-order valence-corrected chi connectivity index (χ1v) is 14.1. The van der Waals surface area contributed by atoms with Gasteiger partial charge in [0, 0.05) is 0 Å². The second kappa shape index (κ2) is 14.5. The third-order valence-corrected chi connectivity index (χ3v) is 7.14. The number of rotatable bonds is 13. The standard InChI is InChI=1S/C35H38O6/c1-35(36)34(40-25-30-20-12-5-13-21-30)33(39-24-29-18-10-4-11-19-29)32(38-23-28-16-8-3-9-17-28)31(41-35)26-37-22-27-14-6-2-7-15-27/h2-21,31-34,36H,22-26H2,1H3/t31?,32-,33?,34+,35?/m1/s1. The van der Waals surface area contributed by atoms with Crippen LogP contribution in [0.2, 0.25) is 0 Å². The molecule has 5 rings (SSSR count). The fraction of sp³-hybridized carbons (Fsp3) is 0.314. The summed E-state index contributed by atoms with van der Waals surface area (Å²) in [5.74, 6) is -1.65. The Morgan fingerprint density at radius 3 is 1.41 bits per heavy atom. The largest absolute Gasteiger partial charge is 0.374 e. The molecule has 1 N–H and O–H groups in total. The van der Waals surface area contributed by atoms with Gasteiger partial charge in [0.15, 0.2) is 5.79 Å². The molecule has 1 saturated heterocycles. The molecule has 5 atom stereocenters.